The van der Waals surface area contributed by atoms with Crippen LogP contribution in [0, 0.1) is 4.77 Å². The molecule has 0 saturated heterocycles. The van der Waals surface area contributed by atoms with Crippen LogP contribution in [0.1, 0.15) is 23.1 Å². The van der Waals surface area contributed by atoms with Gasteiger partial charge < -0.3 is 9.47 Å². The monoisotopic (exact) mass is 437 g/mol. The highest BCUT2D eigenvalue weighted by molar-refractivity contribution is 7.71. The first-order valence-corrected chi connectivity index (χ1v) is 9.74. The number of ketones is 1. The van der Waals surface area contributed by atoms with Crippen molar-refractivity contribution in [3.05, 3.63) is 69.1 Å². The van der Waals surface area contributed by atoms with Crippen LogP contribution in [0.3, 0.4) is 0 Å². The van der Waals surface area contributed by atoms with E-state index in [0.29, 0.717) is 44.1 Å². The summed E-state index contributed by atoms with van der Waals surface area (Å²) >= 11 is 5.37. The Morgan fingerprint density at radius 1 is 1.13 bits per heavy atom. The van der Waals surface area contributed by atoms with Crippen molar-refractivity contribution in [2.75, 3.05) is 14.2 Å². The number of methoxy groups -OCH3 is 2. The normalized spacial score (nSPS) is 10.9. The van der Waals surface area contributed by atoms with E-state index in [1.54, 1.807) is 47.2 Å². The number of hydrogen-bond acceptors (Lipinski definition) is 7. The second-order valence-electron chi connectivity index (χ2n) is 6.76. The molecule has 0 atom stereocenters. The fourth-order valence-corrected chi connectivity index (χ4v) is 3.63. The van der Waals surface area contributed by atoms with Crippen LogP contribution < -0.4 is 15.0 Å². The van der Waals surface area contributed by atoms with Gasteiger partial charge in [0.25, 0.3) is 5.56 Å². The smallest absolute Gasteiger partial charge is 0.278 e. The number of H-pyrrole nitrogens is 1. The number of fused-ring (bicyclic) bond motifs is 1. The summed E-state index contributed by atoms with van der Waals surface area (Å²) in [5.74, 6) is 1.26. The minimum absolute atomic E-state index is 0.0288. The first-order valence-electron chi connectivity index (χ1n) is 9.33. The number of carbonyl (C=O) groups excluding carboxylic acids is 1. The predicted octanol–water partition coefficient (Wildman–Crippen LogP) is 2.91. The number of benzene rings is 2. The largest absolute Gasteiger partial charge is 0.493 e. The van der Waals surface area contributed by atoms with Crippen LogP contribution in [0.25, 0.3) is 16.5 Å². The average Bonchev–Trinajstić information content (AvgIpc) is 3.14. The summed E-state index contributed by atoms with van der Waals surface area (Å²) in [7, 11) is 3.00. The van der Waals surface area contributed by atoms with Crippen molar-refractivity contribution in [3.8, 4) is 17.2 Å². The van der Waals surface area contributed by atoms with Gasteiger partial charge in [0.2, 0.25) is 0 Å². The molecule has 2 heterocycles. The summed E-state index contributed by atoms with van der Waals surface area (Å²) in [6.45, 7) is 1.57. The molecule has 2 aromatic heterocycles. The first kappa shape index (κ1) is 20.5. The number of rotatable bonds is 6. The van der Waals surface area contributed by atoms with Gasteiger partial charge >= 0.3 is 0 Å². The fourth-order valence-electron chi connectivity index (χ4n) is 3.38. The first-order chi connectivity index (χ1) is 14.9. The molecule has 31 heavy (non-hydrogen) atoms. The van der Waals surface area contributed by atoms with E-state index in [1.165, 1.54) is 25.8 Å². The van der Waals surface area contributed by atoms with Crippen molar-refractivity contribution >= 4 is 28.8 Å². The molecule has 0 radical (unpaired) electrons. The maximum absolute atomic E-state index is 13.2. The molecule has 158 valence electrons. The van der Waals surface area contributed by atoms with Gasteiger partial charge in [0, 0.05) is 16.6 Å². The predicted molar refractivity (Wildman–Crippen MR) is 117 cm³/mol. The Morgan fingerprint density at radius 3 is 2.52 bits per heavy atom. The number of Topliss-reactive ketones (excluding diaryl/α,β-unsaturated/α-hetero) is 1. The summed E-state index contributed by atoms with van der Waals surface area (Å²) < 4.78 is 14.1. The number of hydrogen-bond donors (Lipinski definition) is 1. The molecular formula is C21H19N5O4S. The number of aromatic amines is 1. The van der Waals surface area contributed by atoms with Gasteiger partial charge in [0.15, 0.2) is 27.9 Å². The third kappa shape index (κ3) is 3.61. The van der Waals surface area contributed by atoms with Crippen molar-refractivity contribution in [1.29, 1.82) is 0 Å². The van der Waals surface area contributed by atoms with Crippen molar-refractivity contribution in [1.82, 2.24) is 24.5 Å². The van der Waals surface area contributed by atoms with Crippen LogP contribution in [0.2, 0.25) is 0 Å². The Kier molecular flexibility index (Phi) is 5.38. The molecule has 10 heteroatoms. The van der Waals surface area contributed by atoms with E-state index >= 15 is 0 Å². The lowest BCUT2D eigenvalue weighted by Crippen LogP contribution is -2.25. The fraction of sp³-hybridized carbons (Fsp3) is 0.190. The zero-order valence-corrected chi connectivity index (χ0v) is 17.9. The highest BCUT2D eigenvalue weighted by Gasteiger charge is 2.17. The molecule has 0 aliphatic heterocycles. The molecule has 0 fully saturated rings. The van der Waals surface area contributed by atoms with E-state index in [4.69, 9.17) is 21.7 Å². The SMILES string of the molecule is COc1ccc2cnn(Cc3n[nH]c(=S)n3-c3ccc(C(C)=O)cc3)c(=O)c2c1OC. The molecular weight excluding hydrogens is 418 g/mol. The van der Waals surface area contributed by atoms with E-state index in [-0.39, 0.29) is 17.9 Å². The Labute approximate surface area is 181 Å². The molecule has 0 unspecified atom stereocenters. The molecule has 9 nitrogen and oxygen atoms in total. The quantitative estimate of drug-likeness (QED) is 0.365. The van der Waals surface area contributed by atoms with Crippen molar-refractivity contribution in [3.63, 3.8) is 0 Å². The Bertz CT molecular complexity index is 1400. The number of carbonyl (C=O) groups is 1. The van der Waals surface area contributed by atoms with Gasteiger partial charge in [0.05, 0.1) is 25.8 Å². The van der Waals surface area contributed by atoms with E-state index in [0.717, 1.165) is 0 Å². The van der Waals surface area contributed by atoms with Crippen molar-refractivity contribution in [2.45, 2.75) is 13.5 Å². The number of ether oxygens (including phenoxy) is 2. The molecule has 2 aromatic carbocycles. The van der Waals surface area contributed by atoms with Crippen LogP contribution >= 0.6 is 12.2 Å². The molecule has 0 saturated carbocycles. The molecule has 4 aromatic rings. The van der Waals surface area contributed by atoms with Gasteiger partial charge in [-0.2, -0.15) is 10.2 Å². The zero-order valence-electron chi connectivity index (χ0n) is 17.1. The standard InChI is InChI=1S/C21H19N5O4S/c1-12(27)13-4-7-15(8-5-13)26-17(23-24-21(26)31)11-25-20(28)18-14(10-22-25)6-9-16(29-2)19(18)30-3/h4-10H,11H2,1-3H3,(H,24,31). The van der Waals surface area contributed by atoms with Crippen LogP contribution in [-0.4, -0.2) is 44.5 Å². The average molecular weight is 437 g/mol. The minimum atomic E-state index is -0.347. The lowest BCUT2D eigenvalue weighted by atomic mass is 10.1. The molecule has 0 aliphatic rings. The Balaban J connectivity index is 1.81. The highest BCUT2D eigenvalue weighted by Crippen LogP contribution is 2.32. The van der Waals surface area contributed by atoms with E-state index in [2.05, 4.69) is 15.3 Å². The Hall–Kier alpha value is -3.79. The van der Waals surface area contributed by atoms with Crippen LogP contribution in [0.15, 0.2) is 47.4 Å². The van der Waals surface area contributed by atoms with E-state index < -0.39 is 0 Å². The van der Waals surface area contributed by atoms with Crippen LogP contribution in [0.5, 0.6) is 11.5 Å². The lowest BCUT2D eigenvalue weighted by Gasteiger charge is -2.12. The molecule has 4 rings (SSSR count). The van der Waals surface area contributed by atoms with Crippen molar-refractivity contribution in [2.24, 2.45) is 0 Å². The number of nitrogens with one attached hydrogen (secondary N) is 1. The highest BCUT2D eigenvalue weighted by atomic mass is 32.1. The molecule has 1 N–H and O–H groups in total. The van der Waals surface area contributed by atoms with Crippen LogP contribution in [0.4, 0.5) is 0 Å². The lowest BCUT2D eigenvalue weighted by molar-refractivity contribution is 0.101. The third-order valence-electron chi connectivity index (χ3n) is 4.93. The summed E-state index contributed by atoms with van der Waals surface area (Å²) in [4.78, 5) is 24.8. The maximum Gasteiger partial charge on any atom is 0.278 e. The van der Waals surface area contributed by atoms with Gasteiger partial charge in [-0.25, -0.2) is 4.68 Å². The van der Waals surface area contributed by atoms with Gasteiger partial charge in [-0.3, -0.25) is 19.3 Å². The number of nitrogens with zero attached hydrogens (tertiary/aromatic N) is 4. The second kappa shape index (κ2) is 8.15. The van der Waals surface area contributed by atoms with Crippen molar-refractivity contribution < 1.29 is 14.3 Å². The van der Waals surface area contributed by atoms with Gasteiger partial charge in [-0.1, -0.05) is 0 Å². The zero-order chi connectivity index (χ0) is 22.1. The second-order valence-corrected chi connectivity index (χ2v) is 7.14. The maximum atomic E-state index is 13.2. The molecule has 0 aliphatic carbocycles. The van der Waals surface area contributed by atoms with E-state index in [9.17, 15) is 9.59 Å². The van der Waals surface area contributed by atoms with Crippen LogP contribution in [-0.2, 0) is 6.54 Å². The van der Waals surface area contributed by atoms with Gasteiger partial charge in [-0.15, -0.1) is 0 Å². The summed E-state index contributed by atoms with van der Waals surface area (Å²) in [6, 6.07) is 10.5. The van der Waals surface area contributed by atoms with Gasteiger partial charge in [0.1, 0.15) is 6.54 Å². The summed E-state index contributed by atoms with van der Waals surface area (Å²) in [5.41, 5.74) is 0.959. The summed E-state index contributed by atoms with van der Waals surface area (Å²) in [5, 5.41) is 12.3. The van der Waals surface area contributed by atoms with E-state index in [1.807, 2.05) is 0 Å². The topological polar surface area (TPSA) is 104 Å². The molecule has 0 amide bonds. The molecule has 0 bridgehead atoms. The Morgan fingerprint density at radius 2 is 1.87 bits per heavy atom. The van der Waals surface area contributed by atoms with Gasteiger partial charge in [-0.05, 0) is 55.5 Å². The summed E-state index contributed by atoms with van der Waals surface area (Å²) in [6.07, 6.45) is 1.59. The number of aromatic nitrogens is 5. The third-order valence-corrected chi connectivity index (χ3v) is 5.20. The minimum Gasteiger partial charge on any atom is -0.493 e. The molecule has 0 spiro atoms.